The van der Waals surface area contributed by atoms with E-state index < -0.39 is 0 Å². The van der Waals surface area contributed by atoms with Gasteiger partial charge in [-0.15, -0.1) is 0 Å². The molecule has 1 aromatic carbocycles. The van der Waals surface area contributed by atoms with E-state index in [2.05, 4.69) is 22.2 Å². The monoisotopic (exact) mass is 309 g/mol. The highest BCUT2D eigenvalue weighted by Crippen LogP contribution is 2.25. The molecule has 0 fully saturated rings. The Morgan fingerprint density at radius 1 is 1.20 bits per heavy atom. The van der Waals surface area contributed by atoms with Crippen molar-refractivity contribution < 1.29 is 0 Å². The first-order valence-electron chi connectivity index (χ1n) is 6.64. The van der Waals surface area contributed by atoms with Gasteiger partial charge >= 0.3 is 0 Å². The topological polar surface area (TPSA) is 37.8 Å². The van der Waals surface area contributed by atoms with Gasteiger partial charge in [0.25, 0.3) is 0 Å². The number of hydrogen-bond donors (Lipinski definition) is 1. The van der Waals surface area contributed by atoms with Crippen molar-refractivity contribution in [2.45, 2.75) is 25.8 Å². The van der Waals surface area contributed by atoms with Gasteiger partial charge in [-0.3, -0.25) is 9.97 Å². The predicted octanol–water partition coefficient (Wildman–Crippen LogP) is 4.07. The Kier molecular flexibility index (Phi) is 5.77. The van der Waals surface area contributed by atoms with E-state index in [9.17, 15) is 0 Å². The molecular formula is C15H17Cl2N3. The van der Waals surface area contributed by atoms with Crippen LogP contribution in [0.2, 0.25) is 10.0 Å². The fourth-order valence-corrected chi connectivity index (χ4v) is 2.31. The first-order chi connectivity index (χ1) is 9.70. The zero-order valence-corrected chi connectivity index (χ0v) is 12.8. The van der Waals surface area contributed by atoms with Gasteiger partial charge in [-0.2, -0.15) is 0 Å². The molecule has 0 saturated heterocycles. The van der Waals surface area contributed by atoms with Gasteiger partial charge in [0.15, 0.2) is 0 Å². The molecule has 0 saturated carbocycles. The summed E-state index contributed by atoms with van der Waals surface area (Å²) in [4.78, 5) is 8.52. The van der Waals surface area contributed by atoms with Gasteiger partial charge < -0.3 is 5.32 Å². The summed E-state index contributed by atoms with van der Waals surface area (Å²) in [6.07, 6.45) is 7.06. The number of aromatic nitrogens is 2. The second kappa shape index (κ2) is 7.58. The van der Waals surface area contributed by atoms with Crippen LogP contribution in [0.5, 0.6) is 0 Å². The molecule has 1 heterocycles. The number of rotatable bonds is 6. The number of nitrogens with zero attached hydrogens (tertiary/aromatic N) is 2. The van der Waals surface area contributed by atoms with Crippen LogP contribution in [-0.2, 0) is 6.42 Å². The van der Waals surface area contributed by atoms with Crippen LogP contribution in [0, 0.1) is 0 Å². The van der Waals surface area contributed by atoms with Crippen molar-refractivity contribution in [2.75, 3.05) is 6.54 Å². The summed E-state index contributed by atoms with van der Waals surface area (Å²) < 4.78 is 0. The molecule has 20 heavy (non-hydrogen) atoms. The lowest BCUT2D eigenvalue weighted by Crippen LogP contribution is -2.25. The van der Waals surface area contributed by atoms with Crippen LogP contribution >= 0.6 is 23.2 Å². The van der Waals surface area contributed by atoms with Crippen LogP contribution in [0.25, 0.3) is 0 Å². The Morgan fingerprint density at radius 3 is 2.70 bits per heavy atom. The third kappa shape index (κ3) is 4.17. The smallest absolute Gasteiger partial charge is 0.0759 e. The lowest BCUT2D eigenvalue weighted by atomic mass is 10.0. The molecule has 0 aliphatic carbocycles. The molecule has 0 aliphatic rings. The molecule has 1 aromatic heterocycles. The summed E-state index contributed by atoms with van der Waals surface area (Å²) in [6.45, 7) is 3.07. The fraction of sp³-hybridized carbons (Fsp3) is 0.333. The van der Waals surface area contributed by atoms with Crippen LogP contribution in [0.15, 0.2) is 36.8 Å². The van der Waals surface area contributed by atoms with Gasteiger partial charge in [0.05, 0.1) is 21.8 Å². The van der Waals surface area contributed by atoms with Crippen molar-refractivity contribution in [1.82, 2.24) is 15.3 Å². The summed E-state index contributed by atoms with van der Waals surface area (Å²) >= 11 is 12.0. The van der Waals surface area contributed by atoms with Crippen LogP contribution in [0.3, 0.4) is 0 Å². The molecule has 1 N–H and O–H groups in total. The van der Waals surface area contributed by atoms with Crippen LogP contribution < -0.4 is 5.32 Å². The summed E-state index contributed by atoms with van der Waals surface area (Å²) in [5, 5.41) is 4.65. The van der Waals surface area contributed by atoms with Gasteiger partial charge in [0, 0.05) is 18.6 Å². The summed E-state index contributed by atoms with van der Waals surface area (Å²) in [5.41, 5.74) is 2.06. The quantitative estimate of drug-likeness (QED) is 0.874. The molecule has 1 atom stereocenters. The zero-order valence-electron chi connectivity index (χ0n) is 11.3. The standard InChI is InChI=1S/C15H17Cl2N3/c1-2-5-19-14(15-10-18-6-7-20-15)9-11-3-4-12(16)13(17)8-11/h3-4,6-8,10,14,19H,2,5,9H2,1H3. The number of hydrogen-bond acceptors (Lipinski definition) is 3. The highest BCUT2D eigenvalue weighted by atomic mass is 35.5. The summed E-state index contributed by atoms with van der Waals surface area (Å²) in [6, 6.07) is 5.85. The second-order valence-electron chi connectivity index (χ2n) is 4.59. The van der Waals surface area contributed by atoms with Crippen molar-refractivity contribution in [1.29, 1.82) is 0 Å². The third-order valence-corrected chi connectivity index (χ3v) is 3.74. The van der Waals surface area contributed by atoms with Gasteiger partial charge in [-0.25, -0.2) is 0 Å². The lowest BCUT2D eigenvalue weighted by molar-refractivity contribution is 0.516. The molecule has 2 aromatic rings. The summed E-state index contributed by atoms with van der Waals surface area (Å²) in [7, 11) is 0. The molecule has 1 unspecified atom stereocenters. The molecule has 5 heteroatoms. The predicted molar refractivity (Wildman–Crippen MR) is 83.2 cm³/mol. The van der Waals surface area contributed by atoms with Gasteiger partial charge in [0.1, 0.15) is 0 Å². The Labute approximate surface area is 129 Å². The Bertz CT molecular complexity index is 546. The Balaban J connectivity index is 2.17. The molecule has 2 rings (SSSR count). The van der Waals surface area contributed by atoms with E-state index >= 15 is 0 Å². The second-order valence-corrected chi connectivity index (χ2v) is 5.40. The van der Waals surface area contributed by atoms with Crippen LogP contribution in [0.4, 0.5) is 0 Å². The van der Waals surface area contributed by atoms with Crippen molar-refractivity contribution in [3.63, 3.8) is 0 Å². The van der Waals surface area contributed by atoms with E-state index in [1.807, 2.05) is 18.2 Å². The van der Waals surface area contributed by atoms with Crippen LogP contribution in [0.1, 0.15) is 30.6 Å². The van der Waals surface area contributed by atoms with Crippen molar-refractivity contribution in [2.24, 2.45) is 0 Å². The SMILES string of the molecule is CCCNC(Cc1ccc(Cl)c(Cl)c1)c1cnccn1. The maximum atomic E-state index is 6.07. The molecule has 0 spiro atoms. The largest absolute Gasteiger partial charge is 0.308 e. The van der Waals surface area contributed by atoms with E-state index in [-0.39, 0.29) is 6.04 Å². The van der Waals surface area contributed by atoms with Crippen molar-refractivity contribution >= 4 is 23.2 Å². The zero-order chi connectivity index (χ0) is 14.4. The number of nitrogens with one attached hydrogen (secondary N) is 1. The number of halogens is 2. The average molecular weight is 310 g/mol. The summed E-state index contributed by atoms with van der Waals surface area (Å²) in [5.74, 6) is 0. The Morgan fingerprint density at radius 2 is 2.05 bits per heavy atom. The number of benzene rings is 1. The highest BCUT2D eigenvalue weighted by molar-refractivity contribution is 6.42. The maximum Gasteiger partial charge on any atom is 0.0759 e. The van der Waals surface area contributed by atoms with E-state index in [0.29, 0.717) is 10.0 Å². The van der Waals surface area contributed by atoms with Gasteiger partial charge in [-0.1, -0.05) is 36.2 Å². The molecule has 3 nitrogen and oxygen atoms in total. The van der Waals surface area contributed by atoms with E-state index in [1.165, 1.54) is 0 Å². The first-order valence-corrected chi connectivity index (χ1v) is 7.39. The van der Waals surface area contributed by atoms with Crippen LogP contribution in [-0.4, -0.2) is 16.5 Å². The third-order valence-electron chi connectivity index (χ3n) is 3.00. The minimum absolute atomic E-state index is 0.126. The molecule has 106 valence electrons. The normalized spacial score (nSPS) is 12.3. The van der Waals surface area contributed by atoms with E-state index in [4.69, 9.17) is 23.2 Å². The molecule has 0 aliphatic heterocycles. The molecule has 0 amide bonds. The molecule has 0 bridgehead atoms. The fourth-order valence-electron chi connectivity index (χ4n) is 1.99. The lowest BCUT2D eigenvalue weighted by Gasteiger charge is -2.18. The van der Waals surface area contributed by atoms with E-state index in [0.717, 1.165) is 30.6 Å². The maximum absolute atomic E-state index is 6.07. The first kappa shape index (κ1) is 15.2. The van der Waals surface area contributed by atoms with Gasteiger partial charge in [-0.05, 0) is 37.1 Å². The average Bonchev–Trinajstić information content (AvgIpc) is 2.48. The molecule has 0 radical (unpaired) electrons. The minimum Gasteiger partial charge on any atom is -0.308 e. The minimum atomic E-state index is 0.126. The molecular weight excluding hydrogens is 293 g/mol. The van der Waals surface area contributed by atoms with Gasteiger partial charge in [0.2, 0.25) is 0 Å². The Hall–Kier alpha value is -1.16. The van der Waals surface area contributed by atoms with Crippen molar-refractivity contribution in [3.05, 3.63) is 58.1 Å². The van der Waals surface area contributed by atoms with Crippen molar-refractivity contribution in [3.8, 4) is 0 Å². The highest BCUT2D eigenvalue weighted by Gasteiger charge is 2.13. The van der Waals surface area contributed by atoms with E-state index in [1.54, 1.807) is 18.6 Å².